The summed E-state index contributed by atoms with van der Waals surface area (Å²) in [7, 11) is 0. The molecule has 0 unspecified atom stereocenters. The van der Waals surface area contributed by atoms with Gasteiger partial charge in [0.1, 0.15) is 0 Å². The molecule has 23 heavy (non-hydrogen) atoms. The quantitative estimate of drug-likeness (QED) is 0.874. The molecule has 0 atom stereocenters. The van der Waals surface area contributed by atoms with Crippen LogP contribution in [-0.4, -0.2) is 27.3 Å². The van der Waals surface area contributed by atoms with Crippen molar-refractivity contribution in [3.8, 4) is 0 Å². The minimum absolute atomic E-state index is 0.132. The first-order valence-corrected chi connectivity index (χ1v) is 6.91. The molecule has 0 bridgehead atoms. The first kappa shape index (κ1) is 15.3. The Morgan fingerprint density at radius 2 is 1.91 bits per heavy atom. The average molecular weight is 322 g/mol. The summed E-state index contributed by atoms with van der Waals surface area (Å²) >= 11 is 0. The Morgan fingerprint density at radius 3 is 2.57 bits per heavy atom. The van der Waals surface area contributed by atoms with E-state index in [0.29, 0.717) is 18.7 Å². The molecule has 3 rings (SSSR count). The van der Waals surface area contributed by atoms with E-state index in [1.807, 2.05) is 0 Å². The maximum absolute atomic E-state index is 12.6. The number of aromatic nitrogens is 2. The third kappa shape index (κ3) is 3.10. The zero-order chi connectivity index (χ0) is 16.6. The van der Waals surface area contributed by atoms with Gasteiger partial charge in [0.05, 0.1) is 17.8 Å². The van der Waals surface area contributed by atoms with Gasteiger partial charge >= 0.3 is 6.18 Å². The van der Waals surface area contributed by atoms with Gasteiger partial charge in [0.15, 0.2) is 0 Å². The van der Waals surface area contributed by atoms with E-state index in [4.69, 9.17) is 5.73 Å². The van der Waals surface area contributed by atoms with Crippen molar-refractivity contribution in [3.05, 3.63) is 52.8 Å². The van der Waals surface area contributed by atoms with Crippen molar-refractivity contribution in [3.63, 3.8) is 0 Å². The van der Waals surface area contributed by atoms with Crippen LogP contribution in [-0.2, 0) is 19.1 Å². The van der Waals surface area contributed by atoms with Crippen molar-refractivity contribution in [1.82, 2.24) is 14.9 Å². The number of nitrogens with two attached hydrogens (primary N) is 1. The van der Waals surface area contributed by atoms with E-state index in [2.05, 4.69) is 9.97 Å². The molecule has 0 fully saturated rings. The molecule has 2 aromatic rings. The van der Waals surface area contributed by atoms with Crippen LogP contribution >= 0.6 is 0 Å². The second kappa shape index (κ2) is 5.53. The number of fused-ring (bicyclic) bond motifs is 1. The van der Waals surface area contributed by atoms with Crippen LogP contribution in [0.1, 0.15) is 27.2 Å². The number of rotatable bonds is 1. The van der Waals surface area contributed by atoms with Gasteiger partial charge in [-0.1, -0.05) is 0 Å². The van der Waals surface area contributed by atoms with E-state index in [1.165, 1.54) is 17.0 Å². The Labute approximate surface area is 130 Å². The highest BCUT2D eigenvalue weighted by Crippen LogP contribution is 2.29. The average Bonchev–Trinajstić information content (AvgIpc) is 2.52. The Kier molecular flexibility index (Phi) is 3.67. The third-order valence-corrected chi connectivity index (χ3v) is 3.71. The summed E-state index contributed by atoms with van der Waals surface area (Å²) in [5.74, 6) is -0.200. The van der Waals surface area contributed by atoms with Crippen LogP contribution in [0.25, 0.3) is 0 Å². The molecule has 0 aliphatic carbocycles. The Bertz CT molecular complexity index is 743. The molecule has 0 saturated heterocycles. The minimum atomic E-state index is -4.42. The number of hydrogen-bond acceptors (Lipinski definition) is 4. The molecule has 5 nitrogen and oxygen atoms in total. The van der Waals surface area contributed by atoms with Crippen LogP contribution in [0.15, 0.2) is 30.5 Å². The zero-order valence-electron chi connectivity index (χ0n) is 12.0. The second-order valence-electron chi connectivity index (χ2n) is 5.25. The van der Waals surface area contributed by atoms with Crippen LogP contribution in [0.4, 0.5) is 19.1 Å². The van der Waals surface area contributed by atoms with E-state index in [0.717, 1.165) is 17.7 Å². The minimum Gasteiger partial charge on any atom is -0.368 e. The number of amides is 1. The predicted octanol–water partition coefficient (Wildman–Crippen LogP) is 2.28. The van der Waals surface area contributed by atoms with E-state index < -0.39 is 11.7 Å². The van der Waals surface area contributed by atoms with Crippen LogP contribution in [0.3, 0.4) is 0 Å². The number of alkyl halides is 3. The lowest BCUT2D eigenvalue weighted by atomic mass is 10.0. The number of anilines is 1. The summed E-state index contributed by atoms with van der Waals surface area (Å²) in [4.78, 5) is 22.0. The van der Waals surface area contributed by atoms with E-state index in [9.17, 15) is 18.0 Å². The standard InChI is InChI=1S/C15H13F3N4O/c16-15(17,18)11-3-1-9(2-4-11)13(23)22-6-5-10-7-20-14(19)21-12(10)8-22/h1-4,7H,5-6,8H2,(H2,19,20,21). The molecule has 8 heteroatoms. The van der Waals surface area contributed by atoms with Crippen LogP contribution < -0.4 is 5.73 Å². The van der Waals surface area contributed by atoms with Gasteiger partial charge in [-0.15, -0.1) is 0 Å². The Hall–Kier alpha value is -2.64. The van der Waals surface area contributed by atoms with Gasteiger partial charge in [-0.05, 0) is 36.2 Å². The molecule has 2 heterocycles. The van der Waals surface area contributed by atoms with Gasteiger partial charge in [-0.2, -0.15) is 13.2 Å². The molecule has 0 spiro atoms. The molecule has 0 saturated carbocycles. The van der Waals surface area contributed by atoms with Gasteiger partial charge in [-0.25, -0.2) is 9.97 Å². The summed E-state index contributed by atoms with van der Waals surface area (Å²) in [6.45, 7) is 0.724. The van der Waals surface area contributed by atoms with Crippen molar-refractivity contribution < 1.29 is 18.0 Å². The van der Waals surface area contributed by atoms with Gasteiger partial charge in [-0.3, -0.25) is 4.79 Å². The van der Waals surface area contributed by atoms with Crippen molar-refractivity contribution in [2.45, 2.75) is 19.1 Å². The number of halogens is 3. The molecule has 1 aromatic heterocycles. The first-order valence-electron chi connectivity index (χ1n) is 6.91. The largest absolute Gasteiger partial charge is 0.416 e. The van der Waals surface area contributed by atoms with Crippen LogP contribution in [0.5, 0.6) is 0 Å². The second-order valence-corrected chi connectivity index (χ2v) is 5.25. The van der Waals surface area contributed by atoms with Gasteiger partial charge in [0.2, 0.25) is 5.95 Å². The van der Waals surface area contributed by atoms with Crippen molar-refractivity contribution in [2.24, 2.45) is 0 Å². The predicted molar refractivity (Wildman–Crippen MR) is 76.3 cm³/mol. The molecule has 1 aliphatic heterocycles. The van der Waals surface area contributed by atoms with Gasteiger partial charge < -0.3 is 10.6 Å². The van der Waals surface area contributed by atoms with Crippen LogP contribution in [0.2, 0.25) is 0 Å². The Balaban J connectivity index is 1.79. The fraction of sp³-hybridized carbons (Fsp3) is 0.267. The number of carbonyl (C=O) groups is 1. The van der Waals surface area contributed by atoms with E-state index in [1.54, 1.807) is 6.20 Å². The monoisotopic (exact) mass is 322 g/mol. The van der Waals surface area contributed by atoms with E-state index >= 15 is 0 Å². The number of benzene rings is 1. The molecule has 1 amide bonds. The van der Waals surface area contributed by atoms with E-state index in [-0.39, 0.29) is 24.0 Å². The van der Waals surface area contributed by atoms with Gasteiger partial charge in [0, 0.05) is 18.3 Å². The highest BCUT2D eigenvalue weighted by Gasteiger charge is 2.30. The summed E-state index contributed by atoms with van der Waals surface area (Å²) in [5, 5.41) is 0. The summed E-state index contributed by atoms with van der Waals surface area (Å²) in [5.41, 5.74) is 6.57. The van der Waals surface area contributed by atoms with Crippen molar-refractivity contribution >= 4 is 11.9 Å². The lowest BCUT2D eigenvalue weighted by Gasteiger charge is -2.28. The molecular weight excluding hydrogens is 309 g/mol. The third-order valence-electron chi connectivity index (χ3n) is 3.71. The highest BCUT2D eigenvalue weighted by atomic mass is 19.4. The molecular formula is C15H13F3N4O. The number of carbonyl (C=O) groups excluding carboxylic acids is 1. The fourth-order valence-corrected chi connectivity index (χ4v) is 2.48. The normalized spacial score (nSPS) is 14.5. The molecule has 1 aromatic carbocycles. The zero-order valence-corrected chi connectivity index (χ0v) is 12.0. The number of nitrogens with zero attached hydrogens (tertiary/aromatic N) is 3. The number of nitrogen functional groups attached to an aromatic ring is 1. The Morgan fingerprint density at radius 1 is 1.22 bits per heavy atom. The van der Waals surface area contributed by atoms with Crippen LogP contribution in [0, 0.1) is 0 Å². The maximum Gasteiger partial charge on any atom is 0.416 e. The first-order chi connectivity index (χ1) is 10.8. The molecule has 120 valence electrons. The van der Waals surface area contributed by atoms with Crippen molar-refractivity contribution in [1.29, 1.82) is 0 Å². The molecule has 1 aliphatic rings. The smallest absolute Gasteiger partial charge is 0.368 e. The lowest BCUT2D eigenvalue weighted by Crippen LogP contribution is -2.36. The number of hydrogen-bond donors (Lipinski definition) is 1. The van der Waals surface area contributed by atoms with Gasteiger partial charge in [0.25, 0.3) is 5.91 Å². The maximum atomic E-state index is 12.6. The summed E-state index contributed by atoms with van der Waals surface area (Å²) in [6.07, 6.45) is -2.19. The summed E-state index contributed by atoms with van der Waals surface area (Å²) in [6, 6.07) is 4.20. The van der Waals surface area contributed by atoms with Crippen molar-refractivity contribution in [2.75, 3.05) is 12.3 Å². The highest BCUT2D eigenvalue weighted by molar-refractivity contribution is 5.94. The molecule has 0 radical (unpaired) electrons. The molecule has 2 N–H and O–H groups in total. The lowest BCUT2D eigenvalue weighted by molar-refractivity contribution is -0.137. The summed E-state index contributed by atoms with van der Waals surface area (Å²) < 4.78 is 37.7. The fourth-order valence-electron chi connectivity index (χ4n) is 2.48. The topological polar surface area (TPSA) is 72.1 Å². The SMILES string of the molecule is Nc1ncc2c(n1)CN(C(=O)c1ccc(C(F)(F)F)cc1)CC2.